The summed E-state index contributed by atoms with van der Waals surface area (Å²) in [6, 6.07) is 5.28. The molecule has 0 bridgehead atoms. The van der Waals surface area contributed by atoms with Crippen LogP contribution < -0.4 is 16.4 Å². The monoisotopic (exact) mass is 246 g/mol. The van der Waals surface area contributed by atoms with Gasteiger partial charge < -0.3 is 21.4 Å². The normalized spacial score (nSPS) is 10.3. The van der Waals surface area contributed by atoms with Gasteiger partial charge in [-0.3, -0.25) is 9.59 Å². The van der Waals surface area contributed by atoms with E-state index in [2.05, 4.69) is 15.6 Å². The largest absolute Gasteiger partial charge is 0.399 e. The summed E-state index contributed by atoms with van der Waals surface area (Å²) < 4.78 is 0. The molecule has 0 unspecified atom stereocenters. The summed E-state index contributed by atoms with van der Waals surface area (Å²) in [7, 11) is 1.51. The molecule has 0 fully saturated rings. The first kappa shape index (κ1) is 12.0. The topological polar surface area (TPSA) is 100 Å². The molecule has 1 heterocycles. The molecule has 2 rings (SSSR count). The van der Waals surface area contributed by atoms with Crippen molar-refractivity contribution in [2.24, 2.45) is 0 Å². The number of anilines is 1. The van der Waals surface area contributed by atoms with E-state index >= 15 is 0 Å². The van der Waals surface area contributed by atoms with E-state index in [9.17, 15) is 9.59 Å². The minimum Gasteiger partial charge on any atom is -0.399 e. The number of nitrogen functional groups attached to an aromatic ring is 1. The predicted molar refractivity (Wildman–Crippen MR) is 69.1 cm³/mol. The van der Waals surface area contributed by atoms with Gasteiger partial charge in [-0.25, -0.2) is 0 Å². The second-order valence-electron chi connectivity index (χ2n) is 3.86. The van der Waals surface area contributed by atoms with Gasteiger partial charge in [-0.2, -0.15) is 0 Å². The van der Waals surface area contributed by atoms with E-state index in [1.54, 1.807) is 24.4 Å². The minimum absolute atomic E-state index is 0.0513. The Morgan fingerprint density at radius 2 is 2.17 bits per heavy atom. The first-order valence-corrected chi connectivity index (χ1v) is 5.47. The lowest BCUT2D eigenvalue weighted by Gasteiger charge is -2.03. The maximum absolute atomic E-state index is 11.9. The second kappa shape index (κ2) is 4.79. The van der Waals surface area contributed by atoms with Crippen molar-refractivity contribution in [1.29, 1.82) is 0 Å². The average Bonchev–Trinajstić information content (AvgIpc) is 2.78. The van der Waals surface area contributed by atoms with E-state index < -0.39 is 0 Å². The first-order chi connectivity index (χ1) is 8.61. The standard InChI is InChI=1S/C12H14N4O2/c1-14-11(17)6-16-12(18)9-5-15-10-3-2-7(13)4-8(9)10/h2-5,15H,6,13H2,1H3,(H,14,17)(H,16,18). The Morgan fingerprint density at radius 1 is 1.39 bits per heavy atom. The molecule has 94 valence electrons. The molecule has 0 aliphatic carbocycles. The quantitative estimate of drug-likeness (QED) is 0.583. The van der Waals surface area contributed by atoms with Crippen molar-refractivity contribution < 1.29 is 9.59 Å². The highest BCUT2D eigenvalue weighted by atomic mass is 16.2. The number of amides is 2. The van der Waals surface area contributed by atoms with Crippen molar-refractivity contribution in [3.05, 3.63) is 30.0 Å². The van der Waals surface area contributed by atoms with E-state index in [0.29, 0.717) is 11.3 Å². The van der Waals surface area contributed by atoms with Crippen molar-refractivity contribution in [2.45, 2.75) is 0 Å². The smallest absolute Gasteiger partial charge is 0.253 e. The van der Waals surface area contributed by atoms with Gasteiger partial charge in [0.1, 0.15) is 0 Å². The van der Waals surface area contributed by atoms with Crippen molar-refractivity contribution in [2.75, 3.05) is 19.3 Å². The maximum Gasteiger partial charge on any atom is 0.253 e. The zero-order valence-electron chi connectivity index (χ0n) is 9.91. The zero-order chi connectivity index (χ0) is 13.1. The molecule has 1 aromatic heterocycles. The number of benzene rings is 1. The SMILES string of the molecule is CNC(=O)CNC(=O)c1c[nH]c2ccc(N)cc12. The molecular formula is C12H14N4O2. The van der Waals surface area contributed by atoms with Crippen molar-refractivity contribution >= 4 is 28.4 Å². The van der Waals surface area contributed by atoms with E-state index in [1.165, 1.54) is 7.05 Å². The van der Waals surface area contributed by atoms with Gasteiger partial charge in [0.2, 0.25) is 5.91 Å². The number of nitrogens with one attached hydrogen (secondary N) is 3. The lowest BCUT2D eigenvalue weighted by molar-refractivity contribution is -0.119. The van der Waals surface area contributed by atoms with E-state index in [-0.39, 0.29) is 18.4 Å². The molecule has 18 heavy (non-hydrogen) atoms. The predicted octanol–water partition coefficient (Wildman–Crippen LogP) is 0.226. The molecule has 0 saturated carbocycles. The summed E-state index contributed by atoms with van der Waals surface area (Å²) in [6.07, 6.45) is 1.60. The molecular weight excluding hydrogens is 232 g/mol. The van der Waals surface area contributed by atoms with Crippen LogP contribution in [0.4, 0.5) is 5.69 Å². The second-order valence-corrected chi connectivity index (χ2v) is 3.86. The summed E-state index contributed by atoms with van der Waals surface area (Å²) in [5.74, 6) is -0.557. The number of carbonyl (C=O) groups excluding carboxylic acids is 2. The number of nitrogens with two attached hydrogens (primary N) is 1. The Kier molecular flexibility index (Phi) is 3.18. The van der Waals surface area contributed by atoms with Crippen LogP contribution >= 0.6 is 0 Å². The van der Waals surface area contributed by atoms with E-state index in [4.69, 9.17) is 5.73 Å². The van der Waals surface area contributed by atoms with Crippen LogP contribution in [-0.4, -0.2) is 30.4 Å². The number of H-pyrrole nitrogens is 1. The number of aromatic nitrogens is 1. The summed E-state index contributed by atoms with van der Waals surface area (Å²) >= 11 is 0. The highest BCUT2D eigenvalue weighted by Gasteiger charge is 2.12. The van der Waals surface area contributed by atoms with Crippen molar-refractivity contribution in [3.8, 4) is 0 Å². The highest BCUT2D eigenvalue weighted by molar-refractivity contribution is 6.08. The van der Waals surface area contributed by atoms with Crippen LogP contribution in [0.3, 0.4) is 0 Å². The molecule has 0 atom stereocenters. The molecule has 6 heteroatoms. The highest BCUT2D eigenvalue weighted by Crippen LogP contribution is 2.20. The average molecular weight is 246 g/mol. The molecule has 0 radical (unpaired) electrons. The first-order valence-electron chi connectivity index (χ1n) is 5.47. The molecule has 2 amide bonds. The van der Waals surface area contributed by atoms with E-state index in [1.807, 2.05) is 0 Å². The number of fused-ring (bicyclic) bond motifs is 1. The molecule has 0 spiro atoms. The summed E-state index contributed by atoms with van der Waals surface area (Å²) in [5, 5.41) is 5.71. The summed E-state index contributed by atoms with van der Waals surface area (Å²) in [4.78, 5) is 25.9. The van der Waals surface area contributed by atoms with Crippen molar-refractivity contribution in [1.82, 2.24) is 15.6 Å². The number of hydrogen-bond donors (Lipinski definition) is 4. The van der Waals surface area contributed by atoms with Gasteiger partial charge in [-0.15, -0.1) is 0 Å². The van der Waals surface area contributed by atoms with Gasteiger partial charge in [0, 0.05) is 29.8 Å². The number of likely N-dealkylation sites (N-methyl/N-ethyl adjacent to an activating group) is 1. The zero-order valence-corrected chi connectivity index (χ0v) is 9.91. The van der Waals surface area contributed by atoms with Crippen LogP contribution in [0.2, 0.25) is 0 Å². The number of aromatic amines is 1. The Morgan fingerprint density at radius 3 is 2.89 bits per heavy atom. The van der Waals surface area contributed by atoms with Crippen LogP contribution in [-0.2, 0) is 4.79 Å². The molecule has 0 aliphatic rings. The molecule has 0 saturated heterocycles. The Hall–Kier alpha value is -2.50. The van der Waals surface area contributed by atoms with Crippen LogP contribution in [0.15, 0.2) is 24.4 Å². The fourth-order valence-electron chi connectivity index (χ4n) is 1.67. The van der Waals surface area contributed by atoms with Gasteiger partial charge >= 0.3 is 0 Å². The molecule has 0 aliphatic heterocycles. The summed E-state index contributed by atoms with van der Waals surface area (Å²) in [6.45, 7) is -0.0513. The van der Waals surface area contributed by atoms with Crippen LogP contribution in [0.25, 0.3) is 10.9 Å². The summed E-state index contributed by atoms with van der Waals surface area (Å²) in [5.41, 5.74) is 7.57. The third-order valence-corrected chi connectivity index (χ3v) is 2.64. The van der Waals surface area contributed by atoms with Gasteiger partial charge in [-0.05, 0) is 18.2 Å². The Labute approximate surface area is 104 Å². The van der Waals surface area contributed by atoms with Crippen LogP contribution in [0.1, 0.15) is 10.4 Å². The van der Waals surface area contributed by atoms with Crippen molar-refractivity contribution in [3.63, 3.8) is 0 Å². The fraction of sp³-hybridized carbons (Fsp3) is 0.167. The molecule has 1 aromatic carbocycles. The fourth-order valence-corrected chi connectivity index (χ4v) is 1.67. The minimum atomic E-state index is -0.310. The van der Waals surface area contributed by atoms with Gasteiger partial charge in [0.15, 0.2) is 0 Å². The Bertz CT molecular complexity index is 603. The third kappa shape index (κ3) is 2.27. The Balaban J connectivity index is 2.22. The maximum atomic E-state index is 11.9. The number of hydrogen-bond acceptors (Lipinski definition) is 3. The van der Waals surface area contributed by atoms with E-state index in [0.717, 1.165) is 10.9 Å². The van der Waals surface area contributed by atoms with Gasteiger partial charge in [-0.1, -0.05) is 0 Å². The lowest BCUT2D eigenvalue weighted by Crippen LogP contribution is -2.35. The number of rotatable bonds is 3. The van der Waals surface area contributed by atoms with Crippen LogP contribution in [0.5, 0.6) is 0 Å². The lowest BCUT2D eigenvalue weighted by atomic mass is 10.1. The van der Waals surface area contributed by atoms with Gasteiger partial charge in [0.05, 0.1) is 12.1 Å². The molecule has 2 aromatic rings. The van der Waals surface area contributed by atoms with Crippen LogP contribution in [0, 0.1) is 0 Å². The number of carbonyl (C=O) groups is 2. The molecule has 5 N–H and O–H groups in total. The molecule has 6 nitrogen and oxygen atoms in total. The van der Waals surface area contributed by atoms with Gasteiger partial charge in [0.25, 0.3) is 5.91 Å². The third-order valence-electron chi connectivity index (χ3n) is 2.64.